The molecule has 0 saturated carbocycles. The van der Waals surface area contributed by atoms with E-state index in [1.807, 2.05) is 52.0 Å². The van der Waals surface area contributed by atoms with Gasteiger partial charge in [-0.1, -0.05) is 38.5 Å². The van der Waals surface area contributed by atoms with Gasteiger partial charge < -0.3 is 10.1 Å². The van der Waals surface area contributed by atoms with Crippen LogP contribution in [0.25, 0.3) is 5.69 Å². The van der Waals surface area contributed by atoms with Gasteiger partial charge in [-0.05, 0) is 42.9 Å². The fourth-order valence-corrected chi connectivity index (χ4v) is 4.91. The van der Waals surface area contributed by atoms with Gasteiger partial charge >= 0.3 is 0 Å². The summed E-state index contributed by atoms with van der Waals surface area (Å²) in [4.78, 5) is 42.7. The summed E-state index contributed by atoms with van der Waals surface area (Å²) in [5.41, 5.74) is 2.18. The molecule has 1 fully saturated rings. The minimum atomic E-state index is -0.395. The lowest BCUT2D eigenvalue weighted by molar-refractivity contribution is 0.0331. The summed E-state index contributed by atoms with van der Waals surface area (Å²) < 4.78 is 6.88. The minimum Gasteiger partial charge on any atom is -0.379 e. The molecule has 4 rings (SSSR count). The number of rotatable bonds is 6. The van der Waals surface area contributed by atoms with Gasteiger partial charge in [0.05, 0.1) is 13.2 Å². The monoisotopic (exact) mass is 465 g/mol. The number of hydrogen-bond donors (Lipinski definition) is 1. The van der Waals surface area contributed by atoms with Gasteiger partial charge in [-0.25, -0.2) is 0 Å². The zero-order valence-electron chi connectivity index (χ0n) is 20.6. The van der Waals surface area contributed by atoms with Crippen molar-refractivity contribution in [1.29, 1.82) is 0 Å². The second-order valence-electron chi connectivity index (χ2n) is 10.3. The van der Waals surface area contributed by atoms with Crippen molar-refractivity contribution in [1.82, 2.24) is 14.8 Å². The Bertz CT molecular complexity index is 1130. The summed E-state index contributed by atoms with van der Waals surface area (Å²) in [6.07, 6.45) is 3.28. The van der Waals surface area contributed by atoms with Gasteiger partial charge in [-0.3, -0.25) is 23.9 Å². The number of carbonyl (C=O) groups is 2. The lowest BCUT2D eigenvalue weighted by Gasteiger charge is -2.32. The SMILES string of the molecule is CCC(CN1CCOCC1)NC(=O)c1c2c(cn(-c3ccc(C)cc3)c1=O)C(=O)CC(C)(C)C2. The van der Waals surface area contributed by atoms with E-state index in [-0.39, 0.29) is 28.4 Å². The van der Waals surface area contributed by atoms with Crippen LogP contribution in [0.3, 0.4) is 0 Å². The van der Waals surface area contributed by atoms with Gasteiger partial charge in [-0.15, -0.1) is 0 Å². The van der Waals surface area contributed by atoms with E-state index in [0.29, 0.717) is 49.4 Å². The fraction of sp³-hybridized carbons (Fsp3) is 0.519. The van der Waals surface area contributed by atoms with E-state index in [1.54, 1.807) is 6.20 Å². The highest BCUT2D eigenvalue weighted by Gasteiger charge is 2.36. The first-order chi connectivity index (χ1) is 16.2. The lowest BCUT2D eigenvalue weighted by Crippen LogP contribution is -2.48. The summed E-state index contributed by atoms with van der Waals surface area (Å²) in [6, 6.07) is 7.42. The van der Waals surface area contributed by atoms with Crippen molar-refractivity contribution < 1.29 is 14.3 Å². The van der Waals surface area contributed by atoms with Crippen molar-refractivity contribution in [3.8, 4) is 5.69 Å². The molecule has 1 aliphatic heterocycles. The van der Waals surface area contributed by atoms with Crippen molar-refractivity contribution in [2.45, 2.75) is 53.0 Å². The van der Waals surface area contributed by atoms with Crippen molar-refractivity contribution in [2.24, 2.45) is 5.41 Å². The molecule has 1 unspecified atom stereocenters. The van der Waals surface area contributed by atoms with Crippen LogP contribution in [-0.4, -0.2) is 60.0 Å². The van der Waals surface area contributed by atoms with Gasteiger partial charge in [-0.2, -0.15) is 0 Å². The number of hydrogen-bond acceptors (Lipinski definition) is 5. The number of ketones is 1. The van der Waals surface area contributed by atoms with Crippen LogP contribution in [0.2, 0.25) is 0 Å². The average Bonchev–Trinajstić information content (AvgIpc) is 2.79. The summed E-state index contributed by atoms with van der Waals surface area (Å²) in [5, 5.41) is 3.11. The zero-order valence-corrected chi connectivity index (χ0v) is 20.6. The number of amides is 1. The van der Waals surface area contributed by atoms with Gasteiger partial charge in [0.25, 0.3) is 11.5 Å². The first-order valence-corrected chi connectivity index (χ1v) is 12.2. The Morgan fingerprint density at radius 1 is 1.12 bits per heavy atom. The number of nitrogens with one attached hydrogen (secondary N) is 1. The Balaban J connectivity index is 1.74. The molecule has 7 heteroatoms. The highest BCUT2D eigenvalue weighted by molar-refractivity contribution is 6.04. The van der Waals surface area contributed by atoms with E-state index in [9.17, 15) is 14.4 Å². The second-order valence-corrected chi connectivity index (χ2v) is 10.3. The normalized spacial score (nSPS) is 18.9. The lowest BCUT2D eigenvalue weighted by atomic mass is 9.73. The van der Waals surface area contributed by atoms with E-state index in [4.69, 9.17) is 4.74 Å². The highest BCUT2D eigenvalue weighted by Crippen LogP contribution is 2.35. The van der Waals surface area contributed by atoms with Crippen molar-refractivity contribution in [3.05, 3.63) is 63.1 Å². The standard InChI is InChI=1S/C27H35N3O4/c1-5-19(16-29-10-12-34-13-11-29)28-25(32)24-21-14-27(3,4)15-23(31)22(21)17-30(26(24)33)20-8-6-18(2)7-9-20/h6-9,17,19H,5,10-16H2,1-4H3,(H,28,32). The molecule has 7 nitrogen and oxygen atoms in total. The Hall–Kier alpha value is -2.77. The number of pyridine rings is 1. The van der Waals surface area contributed by atoms with E-state index in [1.165, 1.54) is 4.57 Å². The molecule has 34 heavy (non-hydrogen) atoms. The fourth-order valence-electron chi connectivity index (χ4n) is 4.91. The summed E-state index contributed by atoms with van der Waals surface area (Å²) in [7, 11) is 0. The van der Waals surface area contributed by atoms with Crippen LogP contribution >= 0.6 is 0 Å². The third-order valence-electron chi connectivity index (χ3n) is 6.86. The quantitative estimate of drug-likeness (QED) is 0.709. The van der Waals surface area contributed by atoms with Gasteiger partial charge in [0.15, 0.2) is 5.78 Å². The predicted molar refractivity (Wildman–Crippen MR) is 132 cm³/mol. The number of ether oxygens (including phenoxy) is 1. The smallest absolute Gasteiger partial charge is 0.268 e. The third-order valence-corrected chi connectivity index (χ3v) is 6.86. The van der Waals surface area contributed by atoms with Gasteiger partial charge in [0.2, 0.25) is 0 Å². The van der Waals surface area contributed by atoms with Crippen LogP contribution in [0.5, 0.6) is 0 Å². The zero-order chi connectivity index (χ0) is 24.5. The first kappa shape index (κ1) is 24.4. The van der Waals surface area contributed by atoms with Crippen LogP contribution in [0.15, 0.2) is 35.3 Å². The minimum absolute atomic E-state index is 0.0264. The Labute approximate surface area is 201 Å². The number of Topliss-reactive ketones (excluding diaryl/α,β-unsaturated/α-hetero) is 1. The third kappa shape index (κ3) is 5.15. The van der Waals surface area contributed by atoms with Gasteiger partial charge in [0, 0.05) is 49.5 Å². The second kappa shape index (κ2) is 9.84. The van der Waals surface area contributed by atoms with Crippen molar-refractivity contribution in [3.63, 3.8) is 0 Å². The molecule has 0 bridgehead atoms. The Morgan fingerprint density at radius 3 is 2.44 bits per heavy atom. The van der Waals surface area contributed by atoms with Crippen LogP contribution in [0.4, 0.5) is 0 Å². The molecule has 0 spiro atoms. The van der Waals surface area contributed by atoms with Crippen molar-refractivity contribution in [2.75, 3.05) is 32.8 Å². The van der Waals surface area contributed by atoms with Crippen LogP contribution in [0.1, 0.15) is 65.5 Å². The molecule has 1 aromatic heterocycles. The van der Waals surface area contributed by atoms with E-state index >= 15 is 0 Å². The van der Waals surface area contributed by atoms with E-state index < -0.39 is 5.91 Å². The molecule has 1 aromatic carbocycles. The number of morpholine rings is 1. The van der Waals surface area contributed by atoms with Crippen LogP contribution in [0, 0.1) is 12.3 Å². The molecule has 182 valence electrons. The number of aromatic nitrogens is 1. The molecule has 1 saturated heterocycles. The highest BCUT2D eigenvalue weighted by atomic mass is 16.5. The molecule has 1 N–H and O–H groups in total. The Kier molecular flexibility index (Phi) is 7.05. The number of aryl methyl sites for hydroxylation is 1. The summed E-state index contributed by atoms with van der Waals surface area (Å²) in [5.74, 6) is -0.421. The largest absolute Gasteiger partial charge is 0.379 e. The topological polar surface area (TPSA) is 80.6 Å². The van der Waals surface area contributed by atoms with Crippen molar-refractivity contribution >= 4 is 11.7 Å². The number of carbonyl (C=O) groups excluding carboxylic acids is 2. The summed E-state index contributed by atoms with van der Waals surface area (Å²) in [6.45, 7) is 11.8. The molecule has 0 radical (unpaired) electrons. The van der Waals surface area contributed by atoms with E-state index in [0.717, 1.165) is 25.1 Å². The predicted octanol–water partition coefficient (Wildman–Crippen LogP) is 3.14. The molecule has 2 heterocycles. The van der Waals surface area contributed by atoms with Crippen LogP contribution < -0.4 is 10.9 Å². The molecule has 1 atom stereocenters. The molecule has 2 aromatic rings. The first-order valence-electron chi connectivity index (χ1n) is 12.2. The molecule has 1 amide bonds. The van der Waals surface area contributed by atoms with E-state index in [2.05, 4.69) is 10.2 Å². The molecular weight excluding hydrogens is 430 g/mol. The van der Waals surface area contributed by atoms with Gasteiger partial charge in [0.1, 0.15) is 5.56 Å². The Morgan fingerprint density at radius 2 is 1.79 bits per heavy atom. The van der Waals surface area contributed by atoms with Crippen LogP contribution in [-0.2, 0) is 11.2 Å². The molecule has 2 aliphatic rings. The maximum absolute atomic E-state index is 13.7. The molecular formula is C27H35N3O4. The number of benzene rings is 1. The maximum atomic E-state index is 13.7. The number of nitrogens with zero attached hydrogens (tertiary/aromatic N) is 2. The number of fused-ring (bicyclic) bond motifs is 1. The molecule has 1 aliphatic carbocycles. The average molecular weight is 466 g/mol. The maximum Gasteiger partial charge on any atom is 0.268 e. The summed E-state index contributed by atoms with van der Waals surface area (Å²) >= 11 is 0.